The number of aliphatic hydroxyl groups excluding tert-OH is 7. The van der Waals surface area contributed by atoms with Gasteiger partial charge in [-0.15, -0.1) is 10.2 Å². The maximum atomic E-state index is 13.8. The summed E-state index contributed by atoms with van der Waals surface area (Å²) in [5.74, 6) is 0.785. The lowest BCUT2D eigenvalue weighted by Crippen LogP contribution is -2.64. The van der Waals surface area contributed by atoms with Gasteiger partial charge in [-0.3, -0.25) is 4.79 Å². The fourth-order valence-electron chi connectivity index (χ4n) is 7.51. The van der Waals surface area contributed by atoms with E-state index in [0.29, 0.717) is 24.6 Å². The largest absolute Gasteiger partial charge is 0.491 e. The Hall–Kier alpha value is -3.71. The number of benzene rings is 1. The number of carbonyl (C=O) groups excluding carboxylic acids is 2. The summed E-state index contributed by atoms with van der Waals surface area (Å²) >= 11 is 1.84. The summed E-state index contributed by atoms with van der Waals surface area (Å²) in [6.07, 6.45) is -17.9. The third-order valence-corrected chi connectivity index (χ3v) is 12.7. The second-order valence-electron chi connectivity index (χ2n) is 15.6. The highest BCUT2D eigenvalue weighted by Crippen LogP contribution is 2.53. The van der Waals surface area contributed by atoms with Gasteiger partial charge in [0.05, 0.1) is 51.7 Å². The quantitative estimate of drug-likeness (QED) is 0.0170. The van der Waals surface area contributed by atoms with Crippen molar-refractivity contribution in [2.75, 3.05) is 58.5 Å². The fourth-order valence-corrected chi connectivity index (χ4v) is 9.06. The first-order valence-corrected chi connectivity index (χ1v) is 22.0. The number of fused-ring (bicyclic) bond motifs is 1. The van der Waals surface area contributed by atoms with Gasteiger partial charge in [0, 0.05) is 35.1 Å². The average Bonchev–Trinajstić information content (AvgIpc) is 3.92. The number of urea groups is 1. The van der Waals surface area contributed by atoms with Crippen LogP contribution in [0.2, 0.25) is 0 Å². The van der Waals surface area contributed by atoms with Gasteiger partial charge >= 0.3 is 17.9 Å². The number of thioether (sulfide) groups is 1. The first-order valence-electron chi connectivity index (χ1n) is 20.9. The third kappa shape index (κ3) is 12.8. The molecular weight excluding hydrogens is 902 g/mol. The topological polar surface area (TPSA) is 323 Å². The molecule has 3 amide bonds. The van der Waals surface area contributed by atoms with Crippen LogP contribution in [0.5, 0.6) is 5.75 Å². The van der Waals surface area contributed by atoms with E-state index in [4.69, 9.17) is 38.0 Å². The standard InChI is InChI=1S/C38H55F3N6O17S/c39-38(40,41)37(46-47-37)20-6-5-19(16-61-43-18-60-34-32(55)30(53)33(24(15-49)63-34)64-35-31(54)29(52)28(51)23(14-48)62-35)22(13-20)59-12-11-58-10-9-57-8-7-42-26(50)4-2-1-3-25-27-21(17-65-25)44-36(56)45-27/h5-6,13,18,21,23-25,27-35,48-49,51-55H,1-4,7-12,14-17H2,(H,42,50)(H2,44,45,56)/b43-18+/t21-,23-,24-,25+,27-,28+,29+,30-,31-,32-,33-,34-,35+/m1/s1. The highest BCUT2D eigenvalue weighted by atomic mass is 32.2. The lowest BCUT2D eigenvalue weighted by Gasteiger charge is -2.45. The summed E-state index contributed by atoms with van der Waals surface area (Å²) in [5, 5.41) is 90.2. The smallest absolute Gasteiger partial charge is 0.442 e. The summed E-state index contributed by atoms with van der Waals surface area (Å²) in [4.78, 5) is 29.0. The molecule has 0 radical (unpaired) electrons. The van der Waals surface area contributed by atoms with Crippen molar-refractivity contribution in [1.82, 2.24) is 16.0 Å². The van der Waals surface area contributed by atoms with E-state index in [1.54, 1.807) is 0 Å². The molecule has 6 rings (SSSR count). The minimum atomic E-state index is -4.80. The first kappa shape index (κ1) is 50.7. The minimum Gasteiger partial charge on any atom is -0.491 e. The molecule has 0 saturated carbocycles. The average molecular weight is 957 g/mol. The van der Waals surface area contributed by atoms with Crippen LogP contribution in [0.25, 0.3) is 0 Å². The number of alkyl halides is 3. The highest BCUT2D eigenvalue weighted by molar-refractivity contribution is 8.00. The normalized spacial score (nSPS) is 32.8. The molecule has 1 aromatic rings. The lowest BCUT2D eigenvalue weighted by atomic mass is 9.97. The maximum absolute atomic E-state index is 13.8. The Bertz CT molecular complexity index is 1770. The van der Waals surface area contributed by atoms with Crippen molar-refractivity contribution in [3.8, 4) is 5.75 Å². The Balaban J connectivity index is 0.886. The summed E-state index contributed by atoms with van der Waals surface area (Å²) < 4.78 is 79.6. The van der Waals surface area contributed by atoms with Gasteiger partial charge < -0.3 is 89.7 Å². The van der Waals surface area contributed by atoms with Crippen molar-refractivity contribution in [2.45, 2.75) is 123 Å². The number of nitrogens with zero attached hydrogens (tertiary/aromatic N) is 3. The zero-order chi connectivity index (χ0) is 46.7. The Morgan fingerprint density at radius 2 is 1.63 bits per heavy atom. The van der Waals surface area contributed by atoms with Gasteiger partial charge in [0.25, 0.3) is 0 Å². The van der Waals surface area contributed by atoms with Crippen molar-refractivity contribution in [1.29, 1.82) is 0 Å². The van der Waals surface area contributed by atoms with E-state index in [9.17, 15) is 58.5 Å². The van der Waals surface area contributed by atoms with E-state index in [-0.39, 0.29) is 80.5 Å². The number of rotatable bonds is 25. The van der Waals surface area contributed by atoms with E-state index in [1.165, 1.54) is 6.07 Å². The second kappa shape index (κ2) is 23.3. The summed E-state index contributed by atoms with van der Waals surface area (Å²) in [6, 6.07) is 3.76. The number of halogens is 3. The Labute approximate surface area is 373 Å². The van der Waals surface area contributed by atoms with Crippen LogP contribution in [0, 0.1) is 0 Å². The minimum absolute atomic E-state index is 0.0220. The molecule has 13 atom stereocenters. The molecule has 65 heavy (non-hydrogen) atoms. The first-order chi connectivity index (χ1) is 31.2. The number of amides is 3. The molecule has 27 heteroatoms. The van der Waals surface area contributed by atoms with E-state index < -0.39 is 86.5 Å². The van der Waals surface area contributed by atoms with Crippen LogP contribution in [-0.4, -0.2) is 198 Å². The molecule has 0 aliphatic carbocycles. The highest BCUT2D eigenvalue weighted by Gasteiger charge is 2.65. The van der Waals surface area contributed by atoms with Gasteiger partial charge in [0.2, 0.25) is 18.6 Å². The zero-order valence-electron chi connectivity index (χ0n) is 34.8. The molecule has 4 fully saturated rings. The molecule has 5 aliphatic heterocycles. The Kier molecular flexibility index (Phi) is 18.2. The number of oxime groups is 1. The summed E-state index contributed by atoms with van der Waals surface area (Å²) in [7, 11) is 0. The number of hydrogen-bond donors (Lipinski definition) is 10. The molecule has 0 unspecified atom stereocenters. The van der Waals surface area contributed by atoms with Crippen molar-refractivity contribution in [3.05, 3.63) is 29.3 Å². The van der Waals surface area contributed by atoms with Gasteiger partial charge in [0.1, 0.15) is 67.8 Å². The molecular formula is C38H55F3N6O17S. The molecule has 10 N–H and O–H groups in total. The van der Waals surface area contributed by atoms with Gasteiger partial charge in [-0.05, 0) is 18.9 Å². The van der Waals surface area contributed by atoms with Gasteiger partial charge in [-0.25, -0.2) is 4.79 Å². The molecule has 23 nitrogen and oxygen atoms in total. The van der Waals surface area contributed by atoms with Crippen molar-refractivity contribution in [3.63, 3.8) is 0 Å². The van der Waals surface area contributed by atoms with Crippen LogP contribution >= 0.6 is 11.8 Å². The van der Waals surface area contributed by atoms with Crippen LogP contribution in [0.4, 0.5) is 18.0 Å². The van der Waals surface area contributed by atoms with Crippen LogP contribution in [0.3, 0.4) is 0 Å². The fraction of sp³-hybridized carbons (Fsp3) is 0.763. The predicted octanol–water partition coefficient (Wildman–Crippen LogP) is -1.78. The second-order valence-corrected chi connectivity index (χ2v) is 16.9. The van der Waals surface area contributed by atoms with Crippen molar-refractivity contribution < 1.29 is 96.5 Å². The number of unbranched alkanes of at least 4 members (excludes halogenated alkanes) is 1. The Morgan fingerprint density at radius 3 is 2.35 bits per heavy atom. The molecule has 0 bridgehead atoms. The number of nitrogens with one attached hydrogen (secondary N) is 3. The van der Waals surface area contributed by atoms with Crippen LogP contribution < -0.4 is 20.7 Å². The third-order valence-electron chi connectivity index (χ3n) is 11.2. The van der Waals surface area contributed by atoms with Gasteiger partial charge in [-0.2, -0.15) is 24.9 Å². The van der Waals surface area contributed by atoms with Crippen LogP contribution in [-0.2, 0) is 50.3 Å². The van der Waals surface area contributed by atoms with Crippen molar-refractivity contribution >= 4 is 30.1 Å². The van der Waals surface area contributed by atoms with E-state index in [0.717, 1.165) is 37.1 Å². The number of aliphatic hydroxyl groups is 7. The van der Waals surface area contributed by atoms with Crippen LogP contribution in [0.15, 0.2) is 33.6 Å². The monoisotopic (exact) mass is 956 g/mol. The Morgan fingerprint density at radius 1 is 0.923 bits per heavy atom. The van der Waals surface area contributed by atoms with Gasteiger partial charge in [-0.1, -0.05) is 23.7 Å². The molecule has 4 saturated heterocycles. The molecule has 366 valence electrons. The molecule has 0 aromatic heterocycles. The summed E-state index contributed by atoms with van der Waals surface area (Å²) in [5.41, 5.74) is -2.78. The number of carbonyl (C=O) groups is 2. The van der Waals surface area contributed by atoms with E-state index in [2.05, 4.69) is 31.3 Å². The van der Waals surface area contributed by atoms with Crippen LogP contribution in [0.1, 0.15) is 36.8 Å². The van der Waals surface area contributed by atoms with Crippen molar-refractivity contribution in [2.24, 2.45) is 15.4 Å². The maximum Gasteiger partial charge on any atom is 0.442 e. The van der Waals surface area contributed by atoms with Gasteiger partial charge in [0.15, 0.2) is 6.29 Å². The lowest BCUT2D eigenvalue weighted by molar-refractivity contribution is -0.353. The molecule has 5 aliphatic rings. The zero-order valence-corrected chi connectivity index (χ0v) is 35.6. The number of hydrogen-bond acceptors (Lipinski definition) is 21. The number of ether oxygens (including phenoxy) is 7. The summed E-state index contributed by atoms with van der Waals surface area (Å²) in [6.45, 7) is -1.06. The predicted molar refractivity (Wildman–Crippen MR) is 214 cm³/mol. The molecule has 0 spiro atoms. The molecule has 5 heterocycles. The van der Waals surface area contributed by atoms with E-state index in [1.807, 2.05) is 11.8 Å². The molecule has 1 aromatic carbocycles. The SMILES string of the molecule is O=C(CCCC[C@@H]1SC[C@H]2NC(=O)N[C@@H]12)NCCOCCOCCOc1cc(C2(C(F)(F)F)N=N2)ccc1CO/N=C/O[C@@H]1O[C@H](CO)[C@@H](O[C@@H]2O[C@H](CO)[C@H](O)[C@H](O)[C@H]2O)[C@H](O)[C@H]1O. The van der Waals surface area contributed by atoms with E-state index >= 15 is 0 Å².